The molecule has 6 heteroatoms. The molecule has 3 N–H and O–H groups in total. The molecule has 0 saturated heterocycles. The van der Waals surface area contributed by atoms with Gasteiger partial charge < -0.3 is 20.1 Å². The minimum Gasteiger partial charge on any atom is -0.497 e. The zero-order chi connectivity index (χ0) is 17.8. The maximum atomic E-state index is 12.3. The molecule has 3 aromatic rings. The molecule has 1 aromatic heterocycles. The average molecular weight is 338 g/mol. The van der Waals surface area contributed by atoms with Crippen molar-refractivity contribution >= 4 is 22.8 Å². The first-order valence-electron chi connectivity index (χ1n) is 7.81. The highest BCUT2D eigenvalue weighted by molar-refractivity contribution is 5.97. The smallest absolute Gasteiger partial charge is 0.326 e. The maximum absolute atomic E-state index is 12.3. The summed E-state index contributed by atoms with van der Waals surface area (Å²) in [6.45, 7) is 0. The lowest BCUT2D eigenvalue weighted by Gasteiger charge is -2.14. The van der Waals surface area contributed by atoms with Gasteiger partial charge in [-0.3, -0.25) is 4.79 Å². The number of amides is 1. The fourth-order valence-corrected chi connectivity index (χ4v) is 2.70. The lowest BCUT2D eigenvalue weighted by Crippen LogP contribution is -2.42. The molecule has 128 valence electrons. The average Bonchev–Trinajstić information content (AvgIpc) is 3.04. The van der Waals surface area contributed by atoms with E-state index < -0.39 is 17.9 Å². The first kappa shape index (κ1) is 16.6. The molecule has 0 spiro atoms. The van der Waals surface area contributed by atoms with E-state index in [1.54, 1.807) is 30.5 Å². The molecule has 0 fully saturated rings. The van der Waals surface area contributed by atoms with Crippen LogP contribution in [0, 0.1) is 0 Å². The lowest BCUT2D eigenvalue weighted by atomic mass is 10.0. The Morgan fingerprint density at radius 3 is 2.56 bits per heavy atom. The predicted molar refractivity (Wildman–Crippen MR) is 93.9 cm³/mol. The summed E-state index contributed by atoms with van der Waals surface area (Å²) in [5, 5.41) is 13.0. The highest BCUT2D eigenvalue weighted by Gasteiger charge is 2.22. The van der Waals surface area contributed by atoms with Crippen molar-refractivity contribution in [2.75, 3.05) is 7.11 Å². The Morgan fingerprint density at radius 1 is 1.16 bits per heavy atom. The Labute approximate surface area is 144 Å². The van der Waals surface area contributed by atoms with Gasteiger partial charge in [0.2, 0.25) is 0 Å². The standard InChI is InChI=1S/C19H18N2O4/c1-25-14-8-6-12(7-9-14)18(22)21-17(19(23)24)10-13-11-20-16-5-3-2-4-15(13)16/h2-9,11,17,20H,10H2,1H3,(H,21,22)(H,23,24)/t17-/m1/s1. The van der Waals surface area contributed by atoms with Crippen LogP contribution >= 0.6 is 0 Å². The number of aromatic nitrogens is 1. The van der Waals surface area contributed by atoms with Crippen LogP contribution in [0.2, 0.25) is 0 Å². The van der Waals surface area contributed by atoms with Crippen LogP contribution < -0.4 is 10.1 Å². The van der Waals surface area contributed by atoms with Gasteiger partial charge in [-0.15, -0.1) is 0 Å². The van der Waals surface area contributed by atoms with Crippen molar-refractivity contribution in [1.82, 2.24) is 10.3 Å². The minimum absolute atomic E-state index is 0.196. The van der Waals surface area contributed by atoms with Crippen molar-refractivity contribution in [3.05, 3.63) is 65.9 Å². The molecule has 0 unspecified atom stereocenters. The van der Waals surface area contributed by atoms with Gasteiger partial charge in [-0.2, -0.15) is 0 Å². The first-order chi connectivity index (χ1) is 12.1. The molecular formula is C19H18N2O4. The number of aromatic amines is 1. The summed E-state index contributed by atoms with van der Waals surface area (Å²) in [6.07, 6.45) is 1.97. The normalized spacial score (nSPS) is 11.9. The molecule has 0 saturated carbocycles. The number of para-hydroxylation sites is 1. The highest BCUT2D eigenvalue weighted by atomic mass is 16.5. The molecule has 1 heterocycles. The highest BCUT2D eigenvalue weighted by Crippen LogP contribution is 2.19. The lowest BCUT2D eigenvalue weighted by molar-refractivity contribution is -0.139. The van der Waals surface area contributed by atoms with Crippen LogP contribution in [-0.4, -0.2) is 35.1 Å². The van der Waals surface area contributed by atoms with E-state index in [4.69, 9.17) is 4.74 Å². The van der Waals surface area contributed by atoms with Gasteiger partial charge >= 0.3 is 5.97 Å². The Kier molecular flexibility index (Phi) is 4.70. The zero-order valence-electron chi connectivity index (χ0n) is 13.7. The summed E-state index contributed by atoms with van der Waals surface area (Å²) in [4.78, 5) is 27.0. The molecule has 25 heavy (non-hydrogen) atoms. The number of hydrogen-bond acceptors (Lipinski definition) is 3. The second-order valence-corrected chi connectivity index (χ2v) is 5.66. The van der Waals surface area contributed by atoms with Crippen molar-refractivity contribution in [2.45, 2.75) is 12.5 Å². The van der Waals surface area contributed by atoms with E-state index in [2.05, 4.69) is 10.3 Å². The van der Waals surface area contributed by atoms with Crippen molar-refractivity contribution in [3.8, 4) is 5.75 Å². The van der Waals surface area contributed by atoms with E-state index in [0.29, 0.717) is 11.3 Å². The van der Waals surface area contributed by atoms with Crippen molar-refractivity contribution < 1.29 is 19.4 Å². The summed E-state index contributed by atoms with van der Waals surface area (Å²) in [7, 11) is 1.54. The minimum atomic E-state index is -1.08. The van der Waals surface area contributed by atoms with Crippen molar-refractivity contribution in [1.29, 1.82) is 0 Å². The molecular weight excluding hydrogens is 320 g/mol. The van der Waals surface area contributed by atoms with Crippen LogP contribution in [0.15, 0.2) is 54.7 Å². The van der Waals surface area contributed by atoms with Crippen LogP contribution in [0.25, 0.3) is 10.9 Å². The van der Waals surface area contributed by atoms with Gasteiger partial charge in [0.05, 0.1) is 7.11 Å². The van der Waals surface area contributed by atoms with Crippen molar-refractivity contribution in [3.63, 3.8) is 0 Å². The first-order valence-corrected chi connectivity index (χ1v) is 7.81. The summed E-state index contributed by atoms with van der Waals surface area (Å²) < 4.78 is 5.05. The Balaban J connectivity index is 1.76. The molecule has 2 aromatic carbocycles. The molecule has 3 rings (SSSR count). The van der Waals surface area contributed by atoms with Crippen LogP contribution in [0.1, 0.15) is 15.9 Å². The topological polar surface area (TPSA) is 91.4 Å². The van der Waals surface area contributed by atoms with Crippen LogP contribution in [0.5, 0.6) is 5.75 Å². The number of hydrogen-bond donors (Lipinski definition) is 3. The molecule has 1 atom stereocenters. The van der Waals surface area contributed by atoms with E-state index >= 15 is 0 Å². The number of carbonyl (C=O) groups excluding carboxylic acids is 1. The van der Waals surface area contributed by atoms with Crippen LogP contribution in [-0.2, 0) is 11.2 Å². The molecule has 1 amide bonds. The second-order valence-electron chi connectivity index (χ2n) is 5.66. The largest absolute Gasteiger partial charge is 0.497 e. The van der Waals surface area contributed by atoms with Crippen molar-refractivity contribution in [2.24, 2.45) is 0 Å². The zero-order valence-corrected chi connectivity index (χ0v) is 13.7. The molecule has 6 nitrogen and oxygen atoms in total. The summed E-state index contributed by atoms with van der Waals surface area (Å²) in [5.74, 6) is -0.882. The predicted octanol–water partition coefficient (Wildman–Crippen LogP) is 2.60. The fourth-order valence-electron chi connectivity index (χ4n) is 2.70. The number of benzene rings is 2. The van der Waals surface area contributed by atoms with Gasteiger partial charge in [-0.25, -0.2) is 4.79 Å². The molecule has 0 aliphatic carbocycles. The molecule has 0 aliphatic rings. The Morgan fingerprint density at radius 2 is 1.88 bits per heavy atom. The quantitative estimate of drug-likeness (QED) is 0.644. The fraction of sp³-hybridized carbons (Fsp3) is 0.158. The SMILES string of the molecule is COc1ccc(C(=O)N[C@H](Cc2c[nH]c3ccccc23)C(=O)O)cc1. The monoisotopic (exact) mass is 338 g/mol. The van der Waals surface area contributed by atoms with Gasteiger partial charge in [0.1, 0.15) is 11.8 Å². The van der Waals surface area contributed by atoms with E-state index in [0.717, 1.165) is 16.5 Å². The Hall–Kier alpha value is -3.28. The van der Waals surface area contributed by atoms with E-state index in [-0.39, 0.29) is 6.42 Å². The second kappa shape index (κ2) is 7.09. The number of ether oxygens (including phenoxy) is 1. The summed E-state index contributed by atoms with van der Waals surface area (Å²) in [5.41, 5.74) is 2.16. The van der Waals surface area contributed by atoms with Gasteiger partial charge in [-0.1, -0.05) is 18.2 Å². The van der Waals surface area contributed by atoms with E-state index in [1.165, 1.54) is 7.11 Å². The number of carbonyl (C=O) groups is 2. The van der Waals surface area contributed by atoms with Crippen LogP contribution in [0.4, 0.5) is 0 Å². The number of methoxy groups -OCH3 is 1. The molecule has 0 bridgehead atoms. The number of H-pyrrole nitrogens is 1. The van der Waals surface area contributed by atoms with E-state index in [9.17, 15) is 14.7 Å². The third kappa shape index (κ3) is 3.63. The third-order valence-electron chi connectivity index (χ3n) is 4.05. The maximum Gasteiger partial charge on any atom is 0.326 e. The Bertz CT molecular complexity index is 899. The number of aliphatic carboxylic acids is 1. The summed E-state index contributed by atoms with van der Waals surface area (Å²) in [6, 6.07) is 13.1. The number of rotatable bonds is 6. The van der Waals surface area contributed by atoms with E-state index in [1.807, 2.05) is 24.3 Å². The van der Waals surface area contributed by atoms with Gasteiger partial charge in [0, 0.05) is 29.1 Å². The molecule has 0 radical (unpaired) electrons. The number of carboxylic acid groups (broad SMARTS) is 1. The van der Waals surface area contributed by atoms with Gasteiger partial charge in [0.15, 0.2) is 0 Å². The van der Waals surface area contributed by atoms with Crippen LogP contribution in [0.3, 0.4) is 0 Å². The van der Waals surface area contributed by atoms with Gasteiger partial charge in [0.25, 0.3) is 5.91 Å². The summed E-state index contributed by atoms with van der Waals surface area (Å²) >= 11 is 0. The van der Waals surface area contributed by atoms with Gasteiger partial charge in [-0.05, 0) is 35.9 Å². The third-order valence-corrected chi connectivity index (χ3v) is 4.05. The number of carboxylic acids is 1. The number of nitrogens with one attached hydrogen (secondary N) is 2. The molecule has 0 aliphatic heterocycles. The number of fused-ring (bicyclic) bond motifs is 1.